The monoisotopic (exact) mass is 396 g/mol. The van der Waals surface area contributed by atoms with E-state index < -0.39 is 4.92 Å². The maximum atomic E-state index is 13.0. The number of benzene rings is 1. The zero-order chi connectivity index (χ0) is 20.3. The van der Waals surface area contributed by atoms with Crippen molar-refractivity contribution < 1.29 is 14.5 Å². The van der Waals surface area contributed by atoms with Gasteiger partial charge >= 0.3 is 0 Å². The van der Waals surface area contributed by atoms with Gasteiger partial charge in [-0.3, -0.25) is 19.7 Å². The molecule has 4 atom stereocenters. The van der Waals surface area contributed by atoms with Crippen LogP contribution in [0, 0.1) is 33.8 Å². The lowest BCUT2D eigenvalue weighted by molar-refractivity contribution is -0.384. The predicted molar refractivity (Wildman–Crippen MR) is 108 cm³/mol. The van der Waals surface area contributed by atoms with Gasteiger partial charge in [-0.2, -0.15) is 0 Å². The van der Waals surface area contributed by atoms with Gasteiger partial charge in [0.15, 0.2) is 0 Å². The third-order valence-corrected chi connectivity index (χ3v) is 7.04. The molecule has 5 rings (SSSR count). The second-order valence-corrected chi connectivity index (χ2v) is 8.36. The summed E-state index contributed by atoms with van der Waals surface area (Å²) in [5, 5.41) is 11.8. The van der Waals surface area contributed by atoms with Gasteiger partial charge in [0.2, 0.25) is 11.8 Å². The van der Waals surface area contributed by atoms with Crippen molar-refractivity contribution in [2.24, 2.45) is 23.7 Å². The first-order valence-corrected chi connectivity index (χ1v) is 10.3. The zero-order valence-electron chi connectivity index (χ0n) is 16.4. The van der Waals surface area contributed by atoms with Crippen LogP contribution in [0.3, 0.4) is 0 Å². The number of likely N-dealkylation sites (N-methyl/N-ethyl adjacent to an activating group) is 1. The van der Waals surface area contributed by atoms with E-state index in [9.17, 15) is 19.7 Å². The second kappa shape index (κ2) is 6.66. The number of allylic oxidation sites excluding steroid dienone is 2. The quantitative estimate of drug-likeness (QED) is 0.335. The molecule has 2 saturated heterocycles. The summed E-state index contributed by atoms with van der Waals surface area (Å²) in [6.07, 6.45) is 4.95. The van der Waals surface area contributed by atoms with E-state index in [1.165, 1.54) is 11.0 Å². The van der Waals surface area contributed by atoms with Crippen molar-refractivity contribution in [1.29, 1.82) is 0 Å². The van der Waals surface area contributed by atoms with E-state index in [1.807, 2.05) is 17.1 Å². The lowest BCUT2D eigenvalue weighted by atomic mass is 9.85. The topological polar surface area (TPSA) is 87.0 Å². The minimum absolute atomic E-state index is 0.0498. The highest BCUT2D eigenvalue weighted by molar-refractivity contribution is 6.23. The lowest BCUT2D eigenvalue weighted by Gasteiger charge is -2.35. The molecule has 8 nitrogen and oxygen atoms in total. The van der Waals surface area contributed by atoms with Gasteiger partial charge in [-0.25, -0.2) is 4.90 Å². The van der Waals surface area contributed by atoms with E-state index in [4.69, 9.17) is 0 Å². The van der Waals surface area contributed by atoms with Crippen molar-refractivity contribution in [2.75, 3.05) is 42.5 Å². The number of fused-ring (bicyclic) bond motifs is 5. The van der Waals surface area contributed by atoms with Crippen molar-refractivity contribution in [3.05, 3.63) is 40.5 Å². The maximum Gasteiger partial charge on any atom is 0.294 e. The van der Waals surface area contributed by atoms with Crippen molar-refractivity contribution >= 4 is 28.9 Å². The number of nitro groups is 1. The summed E-state index contributed by atoms with van der Waals surface area (Å²) in [6, 6.07) is 4.77. The summed E-state index contributed by atoms with van der Waals surface area (Å²) < 4.78 is 0. The number of imide groups is 1. The molecule has 1 aromatic rings. The Hall–Kier alpha value is -2.74. The molecule has 0 aromatic heterocycles. The van der Waals surface area contributed by atoms with Crippen molar-refractivity contribution in [2.45, 2.75) is 13.3 Å². The average molecular weight is 396 g/mol. The molecule has 2 bridgehead atoms. The van der Waals surface area contributed by atoms with Crippen LogP contribution >= 0.6 is 0 Å². The molecule has 2 aliphatic carbocycles. The van der Waals surface area contributed by atoms with Crippen molar-refractivity contribution in [1.82, 2.24) is 4.90 Å². The number of carbonyl (C=O) groups excluding carboxylic acids is 2. The molecular weight excluding hydrogens is 372 g/mol. The van der Waals surface area contributed by atoms with E-state index in [-0.39, 0.29) is 41.2 Å². The Morgan fingerprint density at radius 2 is 1.66 bits per heavy atom. The Morgan fingerprint density at radius 3 is 2.21 bits per heavy atom. The minimum Gasteiger partial charge on any atom is -0.363 e. The minimum atomic E-state index is -0.415. The van der Waals surface area contributed by atoms with Crippen LogP contribution < -0.4 is 9.80 Å². The van der Waals surface area contributed by atoms with Gasteiger partial charge in [-0.05, 0) is 36.9 Å². The molecule has 2 heterocycles. The molecule has 0 spiro atoms. The van der Waals surface area contributed by atoms with Crippen molar-refractivity contribution in [3.8, 4) is 0 Å². The molecule has 2 amide bonds. The molecular formula is C21H24N4O4. The van der Waals surface area contributed by atoms with Crippen LogP contribution in [-0.2, 0) is 9.59 Å². The first kappa shape index (κ1) is 18.3. The lowest BCUT2D eigenvalue weighted by Crippen LogP contribution is -2.46. The summed E-state index contributed by atoms with van der Waals surface area (Å²) in [6.45, 7) is 6.22. The smallest absolute Gasteiger partial charge is 0.294 e. The number of carbonyl (C=O) groups is 2. The number of nitrogens with zero attached hydrogens (tertiary/aromatic N) is 4. The number of hydrogen-bond acceptors (Lipinski definition) is 6. The predicted octanol–water partition coefficient (Wildman–Crippen LogP) is 2.05. The third-order valence-electron chi connectivity index (χ3n) is 7.04. The molecule has 4 aliphatic rings. The fraction of sp³-hybridized carbons (Fsp3) is 0.524. The Morgan fingerprint density at radius 1 is 1.03 bits per heavy atom. The second-order valence-electron chi connectivity index (χ2n) is 8.36. The van der Waals surface area contributed by atoms with Crippen LogP contribution in [0.4, 0.5) is 17.1 Å². The van der Waals surface area contributed by atoms with Gasteiger partial charge in [-0.15, -0.1) is 0 Å². The van der Waals surface area contributed by atoms with E-state index in [0.717, 1.165) is 39.1 Å². The number of anilines is 2. The highest BCUT2D eigenvalue weighted by Crippen LogP contribution is 2.53. The van der Waals surface area contributed by atoms with Crippen LogP contribution in [0.5, 0.6) is 0 Å². The molecule has 8 heteroatoms. The number of amides is 2. The molecule has 0 radical (unpaired) electrons. The van der Waals surface area contributed by atoms with Gasteiger partial charge in [-0.1, -0.05) is 19.1 Å². The Balaban J connectivity index is 1.45. The molecule has 2 aliphatic heterocycles. The van der Waals surface area contributed by atoms with E-state index in [2.05, 4.69) is 11.8 Å². The van der Waals surface area contributed by atoms with Gasteiger partial charge in [0.1, 0.15) is 5.69 Å². The van der Waals surface area contributed by atoms with Gasteiger partial charge in [0.25, 0.3) is 5.69 Å². The number of hydrogen-bond donors (Lipinski definition) is 0. The summed E-state index contributed by atoms with van der Waals surface area (Å²) in [5.74, 6) is -0.797. The fourth-order valence-electron chi connectivity index (χ4n) is 5.53. The molecule has 152 valence electrons. The van der Waals surface area contributed by atoms with Crippen LogP contribution in [0.15, 0.2) is 30.4 Å². The Bertz CT molecular complexity index is 891. The van der Waals surface area contributed by atoms with E-state index in [0.29, 0.717) is 11.4 Å². The standard InChI is InChI=1S/C21H24N4O4/c1-2-22-7-9-23(10-8-22)16-6-5-15(12-17(16)25(28)29)24-20(26)18-13-3-4-14(11-13)19(18)21(24)27/h3-6,12-14,18-19H,2,7-11H2,1H3/t13-,14-,18+,19+/m0/s1. The first-order valence-electron chi connectivity index (χ1n) is 10.3. The van der Waals surface area contributed by atoms with Gasteiger partial charge < -0.3 is 9.80 Å². The SMILES string of the molecule is CCN1CCN(c2ccc(N3C(=O)[C@H]4[C@H](C3=O)[C@H]3C=C[C@H]4C3)cc2[N+](=O)[O-])CC1. The van der Waals surface area contributed by atoms with E-state index in [1.54, 1.807) is 12.1 Å². The van der Waals surface area contributed by atoms with Gasteiger partial charge in [0.05, 0.1) is 22.4 Å². The van der Waals surface area contributed by atoms with Crippen LogP contribution in [0.2, 0.25) is 0 Å². The largest absolute Gasteiger partial charge is 0.363 e. The van der Waals surface area contributed by atoms with E-state index >= 15 is 0 Å². The third kappa shape index (κ3) is 2.69. The van der Waals surface area contributed by atoms with Crippen molar-refractivity contribution in [3.63, 3.8) is 0 Å². The molecule has 0 N–H and O–H groups in total. The van der Waals surface area contributed by atoms with Gasteiger partial charge in [0, 0.05) is 32.2 Å². The van der Waals surface area contributed by atoms with Crippen LogP contribution in [0.25, 0.3) is 0 Å². The number of piperazine rings is 1. The van der Waals surface area contributed by atoms with Crippen LogP contribution in [-0.4, -0.2) is 54.4 Å². The Kier molecular flexibility index (Phi) is 4.20. The average Bonchev–Trinajstić information content (AvgIpc) is 3.41. The summed E-state index contributed by atoms with van der Waals surface area (Å²) in [4.78, 5) is 42.9. The zero-order valence-corrected chi connectivity index (χ0v) is 16.4. The molecule has 1 saturated carbocycles. The molecule has 0 unspecified atom stereocenters. The Labute approximate surface area is 168 Å². The number of nitro benzene ring substituents is 1. The summed E-state index contributed by atoms with van der Waals surface area (Å²) in [5.41, 5.74) is 0.818. The maximum absolute atomic E-state index is 13.0. The number of rotatable bonds is 4. The highest BCUT2D eigenvalue weighted by Gasteiger charge is 2.59. The van der Waals surface area contributed by atoms with Crippen LogP contribution in [0.1, 0.15) is 13.3 Å². The molecule has 29 heavy (non-hydrogen) atoms. The summed E-state index contributed by atoms with van der Waals surface area (Å²) >= 11 is 0. The molecule has 3 fully saturated rings. The summed E-state index contributed by atoms with van der Waals surface area (Å²) in [7, 11) is 0. The highest BCUT2D eigenvalue weighted by atomic mass is 16.6. The normalized spacial score (nSPS) is 31.1. The first-order chi connectivity index (χ1) is 14.0. The fourth-order valence-corrected chi connectivity index (χ4v) is 5.53. The molecule has 1 aromatic carbocycles.